The van der Waals surface area contributed by atoms with E-state index in [4.69, 9.17) is 9.15 Å². The monoisotopic (exact) mass is 315 g/mol. The summed E-state index contributed by atoms with van der Waals surface area (Å²) in [5.41, 5.74) is 4.81. The van der Waals surface area contributed by atoms with Crippen molar-refractivity contribution in [2.45, 2.75) is 33.8 Å². The molecule has 2 heterocycles. The lowest BCUT2D eigenvalue weighted by atomic mass is 10.0. The van der Waals surface area contributed by atoms with Gasteiger partial charge < -0.3 is 9.15 Å². The highest BCUT2D eigenvalue weighted by molar-refractivity contribution is 7.09. The van der Waals surface area contributed by atoms with Gasteiger partial charge in [-0.3, -0.25) is 4.79 Å². The number of esters is 1. The van der Waals surface area contributed by atoms with E-state index >= 15 is 0 Å². The van der Waals surface area contributed by atoms with Crippen LogP contribution in [0.15, 0.2) is 28.2 Å². The van der Waals surface area contributed by atoms with Crippen LogP contribution in [0.2, 0.25) is 0 Å². The summed E-state index contributed by atoms with van der Waals surface area (Å²) in [6.45, 7) is 6.24. The summed E-state index contributed by atoms with van der Waals surface area (Å²) in [5.74, 6) is -0.272. The number of benzene rings is 1. The largest absolute Gasteiger partial charge is 0.464 e. The average Bonchev–Trinajstić information content (AvgIpc) is 3.05. The third kappa shape index (κ3) is 3.04. The van der Waals surface area contributed by atoms with Crippen LogP contribution in [0.25, 0.3) is 11.0 Å². The number of carbonyl (C=O) groups excluding carboxylic acids is 1. The Labute approximate surface area is 132 Å². The SMILES string of the molecule is Cc1nc(COC(=O)Cc2coc3cc(C)c(C)cc23)cs1. The van der Waals surface area contributed by atoms with E-state index in [1.165, 1.54) is 11.1 Å². The van der Waals surface area contributed by atoms with Gasteiger partial charge in [0.1, 0.15) is 12.2 Å². The van der Waals surface area contributed by atoms with Gasteiger partial charge in [-0.15, -0.1) is 11.3 Å². The zero-order valence-electron chi connectivity index (χ0n) is 12.8. The standard InChI is InChI=1S/C17H17NO3S/c1-10-4-15-13(7-20-16(15)5-11(10)2)6-17(19)21-8-14-9-22-12(3)18-14/h4-5,7,9H,6,8H2,1-3H3. The number of nitrogens with zero attached hydrogens (tertiary/aromatic N) is 1. The van der Waals surface area contributed by atoms with E-state index in [1.807, 2.05) is 25.3 Å². The molecular weight excluding hydrogens is 298 g/mol. The molecule has 0 bridgehead atoms. The molecule has 0 amide bonds. The molecule has 0 saturated heterocycles. The lowest BCUT2D eigenvalue weighted by Crippen LogP contribution is -2.08. The molecule has 0 saturated carbocycles. The molecule has 1 aromatic carbocycles. The maximum Gasteiger partial charge on any atom is 0.310 e. The highest BCUT2D eigenvalue weighted by atomic mass is 32.1. The minimum absolute atomic E-state index is 0.207. The minimum atomic E-state index is -0.272. The van der Waals surface area contributed by atoms with Gasteiger partial charge in [0.25, 0.3) is 0 Å². The van der Waals surface area contributed by atoms with Gasteiger partial charge in [0.05, 0.1) is 23.4 Å². The van der Waals surface area contributed by atoms with Gasteiger partial charge in [-0.1, -0.05) is 0 Å². The smallest absolute Gasteiger partial charge is 0.310 e. The number of ether oxygens (including phenoxy) is 1. The molecule has 22 heavy (non-hydrogen) atoms. The molecule has 0 aliphatic heterocycles. The number of carbonyl (C=O) groups is 1. The lowest BCUT2D eigenvalue weighted by Gasteiger charge is -2.03. The first-order valence-corrected chi connectivity index (χ1v) is 7.95. The fraction of sp³-hybridized carbons (Fsp3) is 0.294. The highest BCUT2D eigenvalue weighted by Gasteiger charge is 2.13. The zero-order valence-corrected chi connectivity index (χ0v) is 13.6. The number of rotatable bonds is 4. The Kier molecular flexibility index (Phi) is 3.98. The summed E-state index contributed by atoms with van der Waals surface area (Å²) >= 11 is 1.55. The molecule has 4 nitrogen and oxygen atoms in total. The molecule has 3 aromatic rings. The summed E-state index contributed by atoms with van der Waals surface area (Å²) in [7, 11) is 0. The van der Waals surface area contributed by atoms with E-state index in [1.54, 1.807) is 17.6 Å². The third-order valence-corrected chi connectivity index (χ3v) is 4.47. The van der Waals surface area contributed by atoms with Crippen LogP contribution in [0.5, 0.6) is 0 Å². The Bertz CT molecular complexity index is 832. The number of hydrogen-bond acceptors (Lipinski definition) is 5. The molecule has 0 unspecified atom stereocenters. The second-order valence-corrected chi connectivity index (χ2v) is 6.45. The first-order valence-electron chi connectivity index (χ1n) is 7.07. The maximum atomic E-state index is 12.0. The Hall–Kier alpha value is -2.14. The van der Waals surface area contributed by atoms with Crippen molar-refractivity contribution in [2.24, 2.45) is 0 Å². The number of fused-ring (bicyclic) bond motifs is 1. The third-order valence-electron chi connectivity index (χ3n) is 3.65. The number of aromatic nitrogens is 1. The number of hydrogen-bond donors (Lipinski definition) is 0. The van der Waals surface area contributed by atoms with Crippen molar-refractivity contribution in [1.82, 2.24) is 4.98 Å². The Morgan fingerprint density at radius 1 is 1.27 bits per heavy atom. The van der Waals surface area contributed by atoms with Crippen molar-refractivity contribution in [1.29, 1.82) is 0 Å². The molecule has 0 aliphatic carbocycles. The van der Waals surface area contributed by atoms with Crippen LogP contribution in [-0.4, -0.2) is 11.0 Å². The van der Waals surface area contributed by atoms with E-state index in [9.17, 15) is 4.79 Å². The average molecular weight is 315 g/mol. The van der Waals surface area contributed by atoms with Crippen LogP contribution in [0.3, 0.4) is 0 Å². The van der Waals surface area contributed by atoms with Crippen LogP contribution >= 0.6 is 11.3 Å². The van der Waals surface area contributed by atoms with Crippen LogP contribution in [0, 0.1) is 20.8 Å². The van der Waals surface area contributed by atoms with Crippen molar-refractivity contribution in [3.63, 3.8) is 0 Å². The van der Waals surface area contributed by atoms with Gasteiger partial charge in [-0.2, -0.15) is 0 Å². The summed E-state index contributed by atoms with van der Waals surface area (Å²) in [6.07, 6.45) is 1.84. The topological polar surface area (TPSA) is 52.3 Å². The van der Waals surface area contributed by atoms with Crippen LogP contribution in [0.1, 0.15) is 27.4 Å². The molecule has 3 rings (SSSR count). The first-order chi connectivity index (χ1) is 10.5. The molecule has 0 N–H and O–H groups in total. The van der Waals surface area contributed by atoms with Crippen molar-refractivity contribution in [3.05, 3.63) is 51.2 Å². The quantitative estimate of drug-likeness (QED) is 0.680. The maximum absolute atomic E-state index is 12.0. The van der Waals surface area contributed by atoms with E-state index in [-0.39, 0.29) is 19.0 Å². The van der Waals surface area contributed by atoms with E-state index in [2.05, 4.69) is 18.0 Å². The van der Waals surface area contributed by atoms with Crippen LogP contribution in [0.4, 0.5) is 0 Å². The van der Waals surface area contributed by atoms with Crippen molar-refractivity contribution < 1.29 is 13.9 Å². The highest BCUT2D eigenvalue weighted by Crippen LogP contribution is 2.25. The van der Waals surface area contributed by atoms with E-state index < -0.39 is 0 Å². The van der Waals surface area contributed by atoms with Crippen LogP contribution in [-0.2, 0) is 22.6 Å². The van der Waals surface area contributed by atoms with Gasteiger partial charge in [0.2, 0.25) is 0 Å². The fourth-order valence-electron chi connectivity index (χ4n) is 2.31. The molecular formula is C17H17NO3S. The predicted octanol–water partition coefficient (Wildman–Crippen LogP) is 4.10. The Morgan fingerprint density at radius 2 is 2.05 bits per heavy atom. The van der Waals surface area contributed by atoms with Gasteiger partial charge in [0, 0.05) is 16.3 Å². The molecule has 0 spiro atoms. The number of aryl methyl sites for hydroxylation is 3. The summed E-state index contributed by atoms with van der Waals surface area (Å²) < 4.78 is 10.8. The Balaban J connectivity index is 1.70. The van der Waals surface area contributed by atoms with Gasteiger partial charge in [-0.05, 0) is 44.0 Å². The van der Waals surface area contributed by atoms with Crippen LogP contribution < -0.4 is 0 Å². The summed E-state index contributed by atoms with van der Waals surface area (Å²) in [5, 5.41) is 3.85. The molecule has 5 heteroatoms. The number of thiazole rings is 1. The van der Waals surface area contributed by atoms with Gasteiger partial charge in [0.15, 0.2) is 0 Å². The zero-order chi connectivity index (χ0) is 15.7. The van der Waals surface area contributed by atoms with Gasteiger partial charge in [-0.25, -0.2) is 4.98 Å². The second kappa shape index (κ2) is 5.93. The predicted molar refractivity (Wildman–Crippen MR) is 86.0 cm³/mol. The lowest BCUT2D eigenvalue weighted by molar-refractivity contribution is -0.144. The Morgan fingerprint density at radius 3 is 2.77 bits per heavy atom. The minimum Gasteiger partial charge on any atom is -0.464 e. The molecule has 0 aliphatic rings. The molecule has 0 radical (unpaired) electrons. The number of furan rings is 1. The molecule has 0 fully saturated rings. The van der Waals surface area contributed by atoms with Crippen molar-refractivity contribution in [2.75, 3.05) is 0 Å². The first kappa shape index (κ1) is 14.8. The molecule has 2 aromatic heterocycles. The molecule has 0 atom stereocenters. The summed E-state index contributed by atoms with van der Waals surface area (Å²) in [6, 6.07) is 4.05. The normalized spacial score (nSPS) is 11.0. The second-order valence-electron chi connectivity index (χ2n) is 5.39. The van der Waals surface area contributed by atoms with E-state index in [0.29, 0.717) is 0 Å². The van der Waals surface area contributed by atoms with E-state index in [0.717, 1.165) is 27.2 Å². The van der Waals surface area contributed by atoms with Crippen molar-refractivity contribution >= 4 is 28.3 Å². The summed E-state index contributed by atoms with van der Waals surface area (Å²) in [4.78, 5) is 16.3. The van der Waals surface area contributed by atoms with Crippen molar-refractivity contribution in [3.8, 4) is 0 Å². The molecule has 114 valence electrons. The fourth-order valence-corrected chi connectivity index (χ4v) is 2.91. The van der Waals surface area contributed by atoms with Gasteiger partial charge >= 0.3 is 5.97 Å².